The molecule has 0 atom stereocenters. The van der Waals surface area contributed by atoms with Crippen LogP contribution in [-0.4, -0.2) is 38.9 Å². The summed E-state index contributed by atoms with van der Waals surface area (Å²) in [6.07, 6.45) is 0.659. The Kier molecular flexibility index (Phi) is 7.18. The molecule has 0 bridgehead atoms. The molecule has 9 heteroatoms. The number of pyridine rings is 1. The summed E-state index contributed by atoms with van der Waals surface area (Å²) in [7, 11) is -1.18. The van der Waals surface area contributed by atoms with Crippen LogP contribution in [0.3, 0.4) is 0 Å². The van der Waals surface area contributed by atoms with Gasteiger partial charge in [-0.05, 0) is 42.8 Å². The van der Waals surface area contributed by atoms with Crippen molar-refractivity contribution in [2.45, 2.75) is 19.4 Å². The number of ether oxygens (including phenoxy) is 3. The van der Waals surface area contributed by atoms with E-state index in [9.17, 15) is 17.8 Å². The molecule has 4 aromatic rings. The lowest BCUT2D eigenvalue weighted by atomic mass is 10.0. The van der Waals surface area contributed by atoms with E-state index < -0.39 is 21.8 Å². The van der Waals surface area contributed by atoms with E-state index in [2.05, 4.69) is 0 Å². The number of hydrogen-bond acceptors (Lipinski definition) is 7. The maximum absolute atomic E-state index is 13.4. The molecule has 3 aromatic carbocycles. The number of para-hydroxylation sites is 1. The van der Waals surface area contributed by atoms with E-state index in [0.717, 1.165) is 0 Å². The topological polar surface area (TPSA) is 106 Å². The number of carbonyl (C=O) groups is 1. The number of nitrogens with zero attached hydrogens (tertiary/aromatic N) is 1. The standard InChI is InChI=1S/C26H25NO7S/c1-32-19-10-12-21-23(16-19)27(14-6-7-15-35(29,30)31)24-17-20(33-2)11-13-22(24)25(21)26(28)34-18-8-4-3-5-9-18/h3-5,8-13,16-17H,6-7,14-15H2,1-2H3. The molecule has 8 nitrogen and oxygen atoms in total. The van der Waals surface area contributed by atoms with Crippen LogP contribution in [0.15, 0.2) is 66.7 Å². The molecular weight excluding hydrogens is 470 g/mol. The SMILES string of the molecule is COc1ccc2c(C(=O)Oc3ccccc3)c3ccc(OC)cc3[n+](CCCCS(=O)(=O)[O-])c2c1. The van der Waals surface area contributed by atoms with Crippen molar-refractivity contribution in [3.63, 3.8) is 0 Å². The van der Waals surface area contributed by atoms with E-state index in [-0.39, 0.29) is 6.42 Å². The highest BCUT2D eigenvalue weighted by Crippen LogP contribution is 2.31. The van der Waals surface area contributed by atoms with Crippen LogP contribution < -0.4 is 18.8 Å². The zero-order chi connectivity index (χ0) is 25.0. The number of rotatable bonds is 9. The fourth-order valence-corrected chi connectivity index (χ4v) is 4.64. The van der Waals surface area contributed by atoms with E-state index in [1.807, 2.05) is 22.8 Å². The molecule has 1 aromatic heterocycles. The summed E-state index contributed by atoms with van der Waals surface area (Å²) in [4.78, 5) is 13.4. The Morgan fingerprint density at radius 2 is 1.40 bits per heavy atom. The number of fused-ring (bicyclic) bond motifs is 2. The third kappa shape index (κ3) is 5.52. The molecule has 0 aliphatic heterocycles. The smallest absolute Gasteiger partial charge is 0.345 e. The Bertz CT molecular complexity index is 1420. The van der Waals surface area contributed by atoms with Gasteiger partial charge in [-0.3, -0.25) is 0 Å². The molecule has 0 amide bonds. The van der Waals surface area contributed by atoms with Crippen LogP contribution in [0.4, 0.5) is 0 Å². The van der Waals surface area contributed by atoms with Crippen molar-refractivity contribution in [1.29, 1.82) is 0 Å². The summed E-state index contributed by atoms with van der Waals surface area (Å²) in [5.74, 6) is 0.677. The second kappa shape index (κ2) is 10.3. The third-order valence-electron chi connectivity index (χ3n) is 5.71. The van der Waals surface area contributed by atoms with Gasteiger partial charge < -0.3 is 18.8 Å². The minimum atomic E-state index is -4.29. The van der Waals surface area contributed by atoms with Gasteiger partial charge in [-0.1, -0.05) is 18.2 Å². The van der Waals surface area contributed by atoms with Gasteiger partial charge >= 0.3 is 5.97 Å². The van der Waals surface area contributed by atoms with Gasteiger partial charge in [-0.25, -0.2) is 13.2 Å². The molecule has 0 spiro atoms. The van der Waals surface area contributed by atoms with Gasteiger partial charge in [-0.2, -0.15) is 4.57 Å². The summed E-state index contributed by atoms with van der Waals surface area (Å²) in [5, 5.41) is 1.31. The van der Waals surface area contributed by atoms with Crippen LogP contribution in [0.25, 0.3) is 21.8 Å². The lowest BCUT2D eigenvalue weighted by Crippen LogP contribution is -2.37. The molecule has 1 heterocycles. The maximum atomic E-state index is 13.4. The predicted molar refractivity (Wildman–Crippen MR) is 130 cm³/mol. The molecule has 35 heavy (non-hydrogen) atoms. The largest absolute Gasteiger partial charge is 0.748 e. The van der Waals surface area contributed by atoms with Gasteiger partial charge in [0.15, 0.2) is 0 Å². The van der Waals surface area contributed by atoms with Crippen LogP contribution in [0.2, 0.25) is 0 Å². The van der Waals surface area contributed by atoms with Gasteiger partial charge in [-0.15, -0.1) is 0 Å². The average Bonchev–Trinajstić information content (AvgIpc) is 2.85. The summed E-state index contributed by atoms with van der Waals surface area (Å²) in [6, 6.07) is 19.6. The van der Waals surface area contributed by atoms with E-state index >= 15 is 0 Å². The summed E-state index contributed by atoms with van der Waals surface area (Å²) < 4.78 is 51.7. The fraction of sp³-hybridized carbons (Fsp3) is 0.231. The molecule has 0 fully saturated rings. The highest BCUT2D eigenvalue weighted by Gasteiger charge is 2.26. The maximum Gasteiger partial charge on any atom is 0.345 e. The number of hydrogen-bond donors (Lipinski definition) is 0. The van der Waals surface area contributed by atoms with Crippen molar-refractivity contribution in [1.82, 2.24) is 0 Å². The minimum Gasteiger partial charge on any atom is -0.748 e. The first-order valence-electron chi connectivity index (χ1n) is 11.0. The molecule has 0 N–H and O–H groups in total. The number of esters is 1. The minimum absolute atomic E-state index is 0.216. The van der Waals surface area contributed by atoms with E-state index in [0.29, 0.717) is 57.6 Å². The molecule has 0 aliphatic rings. The monoisotopic (exact) mass is 495 g/mol. The molecule has 0 saturated carbocycles. The Morgan fingerprint density at radius 3 is 1.91 bits per heavy atom. The Hall–Kier alpha value is -3.69. The molecular formula is C26H25NO7S. The molecule has 0 saturated heterocycles. The number of aromatic nitrogens is 1. The number of methoxy groups -OCH3 is 2. The van der Waals surface area contributed by atoms with Crippen LogP contribution in [0.5, 0.6) is 17.2 Å². The first-order valence-corrected chi connectivity index (χ1v) is 12.6. The summed E-state index contributed by atoms with van der Waals surface area (Å²) in [5.41, 5.74) is 1.80. The van der Waals surface area contributed by atoms with Crippen molar-refractivity contribution in [2.24, 2.45) is 0 Å². The van der Waals surface area contributed by atoms with Crippen molar-refractivity contribution < 1.29 is 36.5 Å². The summed E-state index contributed by atoms with van der Waals surface area (Å²) >= 11 is 0. The number of benzene rings is 3. The highest BCUT2D eigenvalue weighted by molar-refractivity contribution is 7.85. The third-order valence-corrected chi connectivity index (χ3v) is 6.50. The normalized spacial score (nSPS) is 11.5. The highest BCUT2D eigenvalue weighted by atomic mass is 32.2. The molecule has 182 valence electrons. The number of carbonyl (C=O) groups excluding carboxylic acids is 1. The van der Waals surface area contributed by atoms with E-state index in [1.54, 1.807) is 62.8 Å². The van der Waals surface area contributed by atoms with Crippen LogP contribution in [-0.2, 0) is 16.7 Å². The van der Waals surface area contributed by atoms with Crippen LogP contribution in [0.1, 0.15) is 23.2 Å². The van der Waals surface area contributed by atoms with Crippen molar-refractivity contribution in [3.05, 3.63) is 72.3 Å². The van der Waals surface area contributed by atoms with Crippen LogP contribution in [0, 0.1) is 0 Å². The zero-order valence-electron chi connectivity index (χ0n) is 19.4. The van der Waals surface area contributed by atoms with Crippen LogP contribution >= 0.6 is 0 Å². The van der Waals surface area contributed by atoms with Crippen molar-refractivity contribution in [2.75, 3.05) is 20.0 Å². The summed E-state index contributed by atoms with van der Waals surface area (Å²) in [6.45, 7) is 0.414. The van der Waals surface area contributed by atoms with Gasteiger partial charge in [0.25, 0.3) is 0 Å². The van der Waals surface area contributed by atoms with Crippen molar-refractivity contribution in [3.8, 4) is 17.2 Å². The van der Waals surface area contributed by atoms with Gasteiger partial charge in [0, 0.05) is 12.2 Å². The predicted octanol–water partition coefficient (Wildman–Crippen LogP) is 3.84. The molecule has 4 rings (SSSR count). The van der Waals surface area contributed by atoms with E-state index in [4.69, 9.17) is 14.2 Å². The van der Waals surface area contributed by atoms with E-state index in [1.165, 1.54) is 0 Å². The van der Waals surface area contributed by atoms with Gasteiger partial charge in [0.1, 0.15) is 23.8 Å². The molecule has 0 radical (unpaired) electrons. The van der Waals surface area contributed by atoms with Crippen molar-refractivity contribution >= 4 is 37.9 Å². The van der Waals surface area contributed by atoms with Gasteiger partial charge in [0.2, 0.25) is 11.0 Å². The zero-order valence-corrected chi connectivity index (χ0v) is 20.2. The Balaban J connectivity index is 1.91. The Morgan fingerprint density at radius 1 is 0.829 bits per heavy atom. The average molecular weight is 496 g/mol. The Labute approximate surface area is 203 Å². The molecule has 0 aliphatic carbocycles. The second-order valence-corrected chi connectivity index (χ2v) is 9.49. The lowest BCUT2D eigenvalue weighted by molar-refractivity contribution is -0.645. The number of aryl methyl sites for hydroxylation is 1. The lowest BCUT2D eigenvalue weighted by Gasteiger charge is -2.13. The first-order chi connectivity index (χ1) is 16.8. The second-order valence-electron chi connectivity index (χ2n) is 7.96. The quantitative estimate of drug-likeness (QED) is 0.0867. The first kappa shape index (κ1) is 24.4. The van der Waals surface area contributed by atoms with Gasteiger partial charge in [0.05, 0.1) is 52.8 Å². The number of unbranched alkanes of at least 4 members (excludes halogenated alkanes) is 1. The molecule has 0 unspecified atom stereocenters. The fourth-order valence-electron chi connectivity index (χ4n) is 4.08.